The van der Waals surface area contributed by atoms with E-state index in [1.54, 1.807) is 12.1 Å². The first-order chi connectivity index (χ1) is 11.0. The lowest BCUT2D eigenvalue weighted by Gasteiger charge is -2.13. The van der Waals surface area contributed by atoms with Crippen LogP contribution in [0, 0.1) is 12.8 Å². The zero-order valence-corrected chi connectivity index (χ0v) is 14.3. The summed E-state index contributed by atoms with van der Waals surface area (Å²) >= 11 is 0. The number of benzene rings is 2. The second-order valence-corrected chi connectivity index (χ2v) is 6.15. The normalized spacial score (nSPS) is 10.7. The minimum absolute atomic E-state index is 0.0931. The lowest BCUT2D eigenvalue weighted by molar-refractivity contribution is 0.102. The van der Waals surface area contributed by atoms with E-state index >= 15 is 0 Å². The van der Waals surface area contributed by atoms with Crippen molar-refractivity contribution in [3.8, 4) is 5.75 Å². The first-order valence-corrected chi connectivity index (χ1v) is 8.14. The smallest absolute Gasteiger partial charge is 0.255 e. The Hall–Kier alpha value is -2.29. The van der Waals surface area contributed by atoms with Crippen LogP contribution < -0.4 is 10.1 Å². The van der Waals surface area contributed by atoms with Gasteiger partial charge in [0.25, 0.3) is 5.91 Å². The van der Waals surface area contributed by atoms with Gasteiger partial charge in [-0.15, -0.1) is 0 Å². The lowest BCUT2D eigenvalue weighted by atomic mass is 10.1. The summed E-state index contributed by atoms with van der Waals surface area (Å²) in [4.78, 5) is 12.5. The Labute approximate surface area is 138 Å². The maximum Gasteiger partial charge on any atom is 0.255 e. The SMILES string of the molecule is CCc1cccc(C)c1NC(=O)c1ccc(OCC(C)C)cc1. The molecule has 0 saturated heterocycles. The van der Waals surface area contributed by atoms with Gasteiger partial charge in [0.15, 0.2) is 0 Å². The molecule has 0 heterocycles. The number of hydrogen-bond donors (Lipinski definition) is 1. The maximum atomic E-state index is 12.5. The van der Waals surface area contributed by atoms with Crippen molar-refractivity contribution in [2.75, 3.05) is 11.9 Å². The highest BCUT2D eigenvalue weighted by molar-refractivity contribution is 6.05. The van der Waals surface area contributed by atoms with Crippen LogP contribution in [0.5, 0.6) is 5.75 Å². The van der Waals surface area contributed by atoms with Gasteiger partial charge in [-0.1, -0.05) is 39.0 Å². The molecule has 0 bridgehead atoms. The zero-order valence-electron chi connectivity index (χ0n) is 14.3. The molecule has 0 radical (unpaired) electrons. The molecule has 2 rings (SSSR count). The number of carbonyl (C=O) groups excluding carboxylic acids is 1. The van der Waals surface area contributed by atoms with Crippen molar-refractivity contribution >= 4 is 11.6 Å². The van der Waals surface area contributed by atoms with Gasteiger partial charge in [-0.25, -0.2) is 0 Å². The Balaban J connectivity index is 2.09. The van der Waals surface area contributed by atoms with Gasteiger partial charge >= 0.3 is 0 Å². The molecule has 0 aliphatic heterocycles. The van der Waals surface area contributed by atoms with Crippen LogP contribution in [-0.2, 0) is 6.42 Å². The molecule has 122 valence electrons. The third kappa shape index (κ3) is 4.59. The standard InChI is InChI=1S/C20H25NO2/c1-5-16-8-6-7-15(4)19(16)21-20(22)17-9-11-18(12-10-17)23-13-14(2)3/h6-12,14H,5,13H2,1-4H3,(H,21,22). The number of amides is 1. The molecule has 0 atom stereocenters. The first kappa shape index (κ1) is 17.1. The number of carbonyl (C=O) groups is 1. The van der Waals surface area contributed by atoms with Crippen molar-refractivity contribution in [1.29, 1.82) is 0 Å². The predicted molar refractivity (Wildman–Crippen MR) is 95.3 cm³/mol. The Morgan fingerprint density at radius 2 is 1.83 bits per heavy atom. The fraction of sp³-hybridized carbons (Fsp3) is 0.350. The molecular formula is C20H25NO2. The van der Waals surface area contributed by atoms with Gasteiger partial charge in [0, 0.05) is 11.3 Å². The van der Waals surface area contributed by atoms with Crippen molar-refractivity contribution in [1.82, 2.24) is 0 Å². The molecule has 1 N–H and O–H groups in total. The van der Waals surface area contributed by atoms with Crippen LogP contribution in [0.25, 0.3) is 0 Å². The van der Waals surface area contributed by atoms with Gasteiger partial charge in [0.05, 0.1) is 6.61 Å². The monoisotopic (exact) mass is 311 g/mol. The summed E-state index contributed by atoms with van der Waals surface area (Å²) in [6, 6.07) is 13.4. The molecule has 0 aromatic heterocycles. The number of ether oxygens (including phenoxy) is 1. The van der Waals surface area contributed by atoms with Crippen molar-refractivity contribution in [2.24, 2.45) is 5.92 Å². The van der Waals surface area contributed by atoms with Crippen molar-refractivity contribution in [3.63, 3.8) is 0 Å². The quantitative estimate of drug-likeness (QED) is 0.828. The van der Waals surface area contributed by atoms with Gasteiger partial charge in [-0.3, -0.25) is 4.79 Å². The van der Waals surface area contributed by atoms with Crippen LogP contribution in [-0.4, -0.2) is 12.5 Å². The third-order valence-electron chi connectivity index (χ3n) is 3.68. The molecule has 0 unspecified atom stereocenters. The van der Waals surface area contributed by atoms with Crippen molar-refractivity contribution in [3.05, 3.63) is 59.2 Å². The van der Waals surface area contributed by atoms with E-state index in [-0.39, 0.29) is 5.91 Å². The molecule has 0 spiro atoms. The van der Waals surface area contributed by atoms with Crippen LogP contribution >= 0.6 is 0 Å². The van der Waals surface area contributed by atoms with E-state index in [0.29, 0.717) is 18.1 Å². The average molecular weight is 311 g/mol. The minimum Gasteiger partial charge on any atom is -0.493 e. The lowest BCUT2D eigenvalue weighted by Crippen LogP contribution is -2.14. The van der Waals surface area contributed by atoms with E-state index in [4.69, 9.17) is 4.74 Å². The second-order valence-electron chi connectivity index (χ2n) is 6.15. The van der Waals surface area contributed by atoms with E-state index in [0.717, 1.165) is 29.0 Å². The predicted octanol–water partition coefficient (Wildman–Crippen LogP) is 4.84. The third-order valence-corrected chi connectivity index (χ3v) is 3.68. The molecule has 3 heteroatoms. The average Bonchev–Trinajstić information content (AvgIpc) is 2.55. The summed E-state index contributed by atoms with van der Waals surface area (Å²) < 4.78 is 5.64. The fourth-order valence-corrected chi connectivity index (χ4v) is 2.35. The van der Waals surface area contributed by atoms with E-state index in [2.05, 4.69) is 26.1 Å². The molecule has 0 aliphatic rings. The Kier molecular flexibility index (Phi) is 5.80. The summed E-state index contributed by atoms with van der Waals surface area (Å²) in [6.45, 7) is 8.99. The molecule has 2 aromatic carbocycles. The molecule has 0 fully saturated rings. The van der Waals surface area contributed by atoms with Crippen LogP contribution in [0.4, 0.5) is 5.69 Å². The second kappa shape index (κ2) is 7.82. The van der Waals surface area contributed by atoms with E-state index in [1.165, 1.54) is 0 Å². The van der Waals surface area contributed by atoms with Crippen molar-refractivity contribution in [2.45, 2.75) is 34.1 Å². The van der Waals surface area contributed by atoms with Gasteiger partial charge in [-0.2, -0.15) is 0 Å². The zero-order chi connectivity index (χ0) is 16.8. The molecule has 3 nitrogen and oxygen atoms in total. The van der Waals surface area contributed by atoms with Crippen LogP contribution in [0.2, 0.25) is 0 Å². The van der Waals surface area contributed by atoms with Crippen LogP contribution in [0.3, 0.4) is 0 Å². The summed E-state index contributed by atoms with van der Waals surface area (Å²) in [6.07, 6.45) is 0.888. The number of hydrogen-bond acceptors (Lipinski definition) is 2. The fourth-order valence-electron chi connectivity index (χ4n) is 2.35. The Bertz CT molecular complexity index is 660. The Morgan fingerprint density at radius 3 is 2.43 bits per heavy atom. The van der Waals surface area contributed by atoms with Gasteiger partial charge in [-0.05, 0) is 54.7 Å². The summed E-state index contributed by atoms with van der Waals surface area (Å²) in [5, 5.41) is 3.04. The van der Waals surface area contributed by atoms with Gasteiger partial charge < -0.3 is 10.1 Å². The number of anilines is 1. The van der Waals surface area contributed by atoms with Crippen LogP contribution in [0.1, 0.15) is 42.3 Å². The summed E-state index contributed by atoms with van der Waals surface area (Å²) in [5.74, 6) is 1.18. The largest absolute Gasteiger partial charge is 0.493 e. The first-order valence-electron chi connectivity index (χ1n) is 8.14. The van der Waals surface area contributed by atoms with Gasteiger partial charge in [0.2, 0.25) is 0 Å². The van der Waals surface area contributed by atoms with E-state index < -0.39 is 0 Å². The van der Waals surface area contributed by atoms with E-state index in [9.17, 15) is 4.79 Å². The topological polar surface area (TPSA) is 38.3 Å². The molecule has 2 aromatic rings. The minimum atomic E-state index is -0.0931. The number of nitrogens with one attached hydrogen (secondary N) is 1. The summed E-state index contributed by atoms with van der Waals surface area (Å²) in [5.41, 5.74) is 3.78. The highest BCUT2D eigenvalue weighted by Crippen LogP contribution is 2.22. The highest BCUT2D eigenvalue weighted by atomic mass is 16.5. The molecule has 1 amide bonds. The number of rotatable bonds is 6. The van der Waals surface area contributed by atoms with Crippen molar-refractivity contribution < 1.29 is 9.53 Å². The maximum absolute atomic E-state index is 12.5. The molecule has 0 saturated carbocycles. The molecular weight excluding hydrogens is 286 g/mol. The van der Waals surface area contributed by atoms with Gasteiger partial charge in [0.1, 0.15) is 5.75 Å². The molecule has 0 aliphatic carbocycles. The number of para-hydroxylation sites is 1. The highest BCUT2D eigenvalue weighted by Gasteiger charge is 2.10. The molecule has 23 heavy (non-hydrogen) atoms. The summed E-state index contributed by atoms with van der Waals surface area (Å²) in [7, 11) is 0. The van der Waals surface area contributed by atoms with E-state index in [1.807, 2.05) is 37.3 Å². The van der Waals surface area contributed by atoms with Crippen LogP contribution in [0.15, 0.2) is 42.5 Å². The number of aryl methyl sites for hydroxylation is 2. The Morgan fingerprint density at radius 1 is 1.13 bits per heavy atom.